The first-order valence-electron chi connectivity index (χ1n) is 8.22. The Kier molecular flexibility index (Phi) is 4.97. The first-order valence-corrected chi connectivity index (χ1v) is 8.22. The van der Waals surface area contributed by atoms with Crippen molar-refractivity contribution < 1.29 is 18.7 Å². The molecule has 0 bridgehead atoms. The van der Waals surface area contributed by atoms with Gasteiger partial charge in [-0.15, -0.1) is 0 Å². The van der Waals surface area contributed by atoms with Gasteiger partial charge in [0.25, 0.3) is 5.91 Å². The normalized spacial score (nSPS) is 10.7. The van der Waals surface area contributed by atoms with Crippen LogP contribution in [0.1, 0.15) is 39.9 Å². The maximum atomic E-state index is 13.5. The van der Waals surface area contributed by atoms with Crippen molar-refractivity contribution in [2.24, 2.45) is 0 Å². The number of benzene rings is 1. The second-order valence-electron chi connectivity index (χ2n) is 5.79. The Labute approximate surface area is 149 Å². The van der Waals surface area contributed by atoms with E-state index in [1.54, 1.807) is 25.1 Å². The van der Waals surface area contributed by atoms with E-state index in [1.807, 2.05) is 6.92 Å². The van der Waals surface area contributed by atoms with Crippen LogP contribution in [0.3, 0.4) is 0 Å². The number of imidazole rings is 1. The van der Waals surface area contributed by atoms with Crippen LogP contribution < -0.4 is 5.32 Å². The minimum atomic E-state index is -0.468. The Morgan fingerprint density at radius 1 is 1.27 bits per heavy atom. The second kappa shape index (κ2) is 7.35. The molecule has 3 aromatic rings. The van der Waals surface area contributed by atoms with Gasteiger partial charge < -0.3 is 10.1 Å². The van der Waals surface area contributed by atoms with Crippen LogP contribution in [0, 0.1) is 12.7 Å². The number of pyridine rings is 1. The van der Waals surface area contributed by atoms with E-state index in [4.69, 9.17) is 4.74 Å². The van der Waals surface area contributed by atoms with Crippen LogP contribution in [0.4, 0.5) is 10.1 Å². The van der Waals surface area contributed by atoms with Gasteiger partial charge in [0.1, 0.15) is 17.2 Å². The van der Waals surface area contributed by atoms with E-state index in [0.717, 1.165) is 6.42 Å². The molecule has 0 unspecified atom stereocenters. The summed E-state index contributed by atoms with van der Waals surface area (Å²) in [4.78, 5) is 28.9. The summed E-state index contributed by atoms with van der Waals surface area (Å²) in [5, 5.41) is 2.72. The van der Waals surface area contributed by atoms with Gasteiger partial charge in [-0.2, -0.15) is 0 Å². The molecule has 0 spiro atoms. The smallest absolute Gasteiger partial charge is 0.338 e. The van der Waals surface area contributed by atoms with E-state index in [9.17, 15) is 14.0 Å². The fraction of sp³-hybridized carbons (Fsp3) is 0.211. The van der Waals surface area contributed by atoms with Crippen molar-refractivity contribution in [1.29, 1.82) is 0 Å². The standard InChI is InChI=1S/C19H18FN3O3/c1-3-9-26-19(25)13-5-4-6-15(10-13)22-18(24)17-12(2)21-16-8-7-14(20)11-23(16)17/h4-8,10-11H,3,9H2,1-2H3,(H,22,24). The van der Waals surface area contributed by atoms with Crippen molar-refractivity contribution in [2.75, 3.05) is 11.9 Å². The van der Waals surface area contributed by atoms with Crippen molar-refractivity contribution in [3.8, 4) is 0 Å². The third-order valence-electron chi connectivity index (χ3n) is 3.77. The van der Waals surface area contributed by atoms with Crippen LogP contribution >= 0.6 is 0 Å². The minimum absolute atomic E-state index is 0.235. The molecule has 0 aliphatic carbocycles. The average molecular weight is 355 g/mol. The van der Waals surface area contributed by atoms with Crippen LogP contribution in [0.15, 0.2) is 42.6 Å². The number of fused-ring (bicyclic) bond motifs is 1. The first kappa shape index (κ1) is 17.6. The van der Waals surface area contributed by atoms with Gasteiger partial charge in [0.05, 0.1) is 17.9 Å². The van der Waals surface area contributed by atoms with Crippen molar-refractivity contribution >= 4 is 23.2 Å². The second-order valence-corrected chi connectivity index (χ2v) is 5.79. The highest BCUT2D eigenvalue weighted by molar-refractivity contribution is 6.05. The van der Waals surface area contributed by atoms with Gasteiger partial charge in [0, 0.05) is 11.9 Å². The fourth-order valence-corrected chi connectivity index (χ4v) is 2.60. The number of halogens is 1. The zero-order valence-corrected chi connectivity index (χ0v) is 14.5. The quantitative estimate of drug-likeness (QED) is 0.710. The van der Waals surface area contributed by atoms with Gasteiger partial charge in [-0.1, -0.05) is 13.0 Å². The van der Waals surface area contributed by atoms with E-state index >= 15 is 0 Å². The molecule has 0 saturated heterocycles. The largest absolute Gasteiger partial charge is 0.462 e. The summed E-state index contributed by atoms with van der Waals surface area (Å²) < 4.78 is 20.0. The molecule has 0 radical (unpaired) electrons. The molecule has 1 N–H and O–H groups in total. The van der Waals surface area contributed by atoms with Crippen molar-refractivity contribution in [3.63, 3.8) is 0 Å². The van der Waals surface area contributed by atoms with Crippen LogP contribution in [0.2, 0.25) is 0 Å². The summed E-state index contributed by atoms with van der Waals surface area (Å²) >= 11 is 0. The summed E-state index contributed by atoms with van der Waals surface area (Å²) in [6.45, 7) is 3.92. The topological polar surface area (TPSA) is 72.7 Å². The van der Waals surface area contributed by atoms with E-state index in [2.05, 4.69) is 10.3 Å². The number of aryl methyl sites for hydroxylation is 1. The monoisotopic (exact) mass is 355 g/mol. The molecule has 2 aromatic heterocycles. The maximum absolute atomic E-state index is 13.5. The van der Waals surface area contributed by atoms with Crippen LogP contribution in [0.5, 0.6) is 0 Å². The predicted octanol–water partition coefficient (Wildman–Crippen LogP) is 3.60. The number of hydrogen-bond acceptors (Lipinski definition) is 4. The molecule has 7 heteroatoms. The van der Waals surface area contributed by atoms with Gasteiger partial charge in [-0.25, -0.2) is 14.2 Å². The molecule has 0 saturated carbocycles. The van der Waals surface area contributed by atoms with Crippen molar-refractivity contribution in [1.82, 2.24) is 9.38 Å². The molecule has 0 atom stereocenters. The minimum Gasteiger partial charge on any atom is -0.462 e. The average Bonchev–Trinajstić information content (AvgIpc) is 2.94. The summed E-state index contributed by atoms with van der Waals surface area (Å²) in [7, 11) is 0. The number of rotatable bonds is 5. The number of nitrogens with zero attached hydrogens (tertiary/aromatic N) is 2. The molecule has 26 heavy (non-hydrogen) atoms. The number of esters is 1. The van der Waals surface area contributed by atoms with Gasteiger partial charge >= 0.3 is 5.97 Å². The number of hydrogen-bond donors (Lipinski definition) is 1. The molecule has 3 rings (SSSR count). The lowest BCUT2D eigenvalue weighted by atomic mass is 10.2. The Morgan fingerprint density at radius 3 is 2.85 bits per heavy atom. The summed E-state index contributed by atoms with van der Waals surface area (Å²) in [5.41, 5.74) is 1.97. The van der Waals surface area contributed by atoms with E-state index in [1.165, 1.54) is 28.8 Å². The van der Waals surface area contributed by atoms with Gasteiger partial charge in [0.2, 0.25) is 0 Å². The Balaban J connectivity index is 1.86. The highest BCUT2D eigenvalue weighted by Gasteiger charge is 2.18. The zero-order valence-electron chi connectivity index (χ0n) is 14.5. The molecule has 6 nitrogen and oxygen atoms in total. The summed E-state index contributed by atoms with van der Waals surface area (Å²) in [5.74, 6) is -1.36. The number of carbonyl (C=O) groups is 2. The van der Waals surface area contributed by atoms with Crippen LogP contribution in [-0.2, 0) is 4.74 Å². The predicted molar refractivity (Wildman–Crippen MR) is 94.9 cm³/mol. The molecule has 0 fully saturated rings. The van der Waals surface area contributed by atoms with E-state index < -0.39 is 17.7 Å². The van der Waals surface area contributed by atoms with Gasteiger partial charge in [0.15, 0.2) is 0 Å². The number of amides is 1. The lowest BCUT2D eigenvalue weighted by Crippen LogP contribution is -2.16. The molecular weight excluding hydrogens is 337 g/mol. The molecule has 1 amide bonds. The molecular formula is C19H18FN3O3. The molecule has 1 aromatic carbocycles. The van der Waals surface area contributed by atoms with Crippen molar-refractivity contribution in [2.45, 2.75) is 20.3 Å². The number of anilines is 1. The highest BCUT2D eigenvalue weighted by Crippen LogP contribution is 2.17. The molecule has 2 heterocycles. The van der Waals surface area contributed by atoms with E-state index in [-0.39, 0.29) is 5.69 Å². The third kappa shape index (κ3) is 3.56. The number of nitrogens with one attached hydrogen (secondary N) is 1. The fourth-order valence-electron chi connectivity index (χ4n) is 2.60. The highest BCUT2D eigenvalue weighted by atomic mass is 19.1. The Morgan fingerprint density at radius 2 is 2.08 bits per heavy atom. The Bertz CT molecular complexity index is 981. The van der Waals surface area contributed by atoms with Gasteiger partial charge in [-0.05, 0) is 43.7 Å². The maximum Gasteiger partial charge on any atom is 0.338 e. The third-order valence-corrected chi connectivity index (χ3v) is 3.77. The molecule has 0 aliphatic rings. The number of aromatic nitrogens is 2. The first-order chi connectivity index (χ1) is 12.5. The Hall–Kier alpha value is -3.22. The lowest BCUT2D eigenvalue weighted by Gasteiger charge is -2.08. The molecule has 0 aliphatic heterocycles. The summed E-state index contributed by atoms with van der Waals surface area (Å²) in [6.07, 6.45) is 1.94. The van der Waals surface area contributed by atoms with Gasteiger partial charge in [-0.3, -0.25) is 9.20 Å². The lowest BCUT2D eigenvalue weighted by molar-refractivity contribution is 0.0505. The summed E-state index contributed by atoms with van der Waals surface area (Å²) in [6, 6.07) is 9.25. The van der Waals surface area contributed by atoms with E-state index in [0.29, 0.717) is 29.2 Å². The zero-order chi connectivity index (χ0) is 18.7. The van der Waals surface area contributed by atoms with Crippen LogP contribution in [-0.4, -0.2) is 27.9 Å². The molecule has 134 valence electrons. The number of carbonyl (C=O) groups excluding carboxylic acids is 2. The van der Waals surface area contributed by atoms with Crippen molar-refractivity contribution in [3.05, 3.63) is 65.4 Å². The SMILES string of the molecule is CCCOC(=O)c1cccc(NC(=O)c2c(C)nc3ccc(F)cn23)c1. The number of ether oxygens (including phenoxy) is 1. The van der Waals surface area contributed by atoms with Crippen LogP contribution in [0.25, 0.3) is 5.65 Å².